The summed E-state index contributed by atoms with van der Waals surface area (Å²) in [4.78, 5) is 4.58. The van der Waals surface area contributed by atoms with Crippen molar-refractivity contribution in [1.29, 1.82) is 0 Å². The molecule has 0 bridgehead atoms. The van der Waals surface area contributed by atoms with Gasteiger partial charge in [-0.25, -0.2) is 0 Å². The lowest BCUT2D eigenvalue weighted by atomic mass is 9.56. The molecule has 3 N–H and O–H groups in total. The smallest absolute Gasteiger partial charge is 0.191 e. The van der Waals surface area contributed by atoms with Crippen LogP contribution in [0.5, 0.6) is 11.5 Å². The first-order valence-electron chi connectivity index (χ1n) is 9.71. The van der Waals surface area contributed by atoms with Crippen LogP contribution in [-0.2, 0) is 4.74 Å². The monoisotopic (exact) mass is 521 g/mol. The molecule has 29 heavy (non-hydrogen) atoms. The molecule has 3 unspecified atom stereocenters. The molecule has 1 fully saturated rings. The Morgan fingerprint density at radius 2 is 1.76 bits per heavy atom. The van der Waals surface area contributed by atoms with Crippen molar-refractivity contribution in [3.05, 3.63) is 23.8 Å². The summed E-state index contributed by atoms with van der Waals surface area (Å²) in [5.74, 6) is 1.96. The van der Waals surface area contributed by atoms with Crippen LogP contribution < -0.4 is 20.1 Å². The van der Waals surface area contributed by atoms with E-state index in [0.29, 0.717) is 23.0 Å². The fourth-order valence-electron chi connectivity index (χ4n) is 3.51. The number of hydrogen-bond acceptors (Lipinski definition) is 5. The van der Waals surface area contributed by atoms with E-state index in [-0.39, 0.29) is 47.6 Å². The van der Waals surface area contributed by atoms with Crippen molar-refractivity contribution >= 4 is 29.9 Å². The van der Waals surface area contributed by atoms with E-state index >= 15 is 0 Å². The molecule has 0 aromatic heterocycles. The van der Waals surface area contributed by atoms with Crippen LogP contribution >= 0.6 is 24.0 Å². The third kappa shape index (κ3) is 5.67. The van der Waals surface area contributed by atoms with Gasteiger partial charge < -0.3 is 30.0 Å². The van der Waals surface area contributed by atoms with Gasteiger partial charge in [-0.1, -0.05) is 13.8 Å². The van der Waals surface area contributed by atoms with Gasteiger partial charge in [-0.15, -0.1) is 24.0 Å². The number of aliphatic hydroxyl groups excluding tert-OH is 1. The predicted molar refractivity (Wildman–Crippen MR) is 127 cm³/mol. The molecule has 0 spiro atoms. The highest BCUT2D eigenvalue weighted by molar-refractivity contribution is 14.0. The molecule has 1 saturated carbocycles. The molecule has 0 saturated heterocycles. The Kier molecular flexibility index (Phi) is 9.49. The van der Waals surface area contributed by atoms with Crippen molar-refractivity contribution in [3.63, 3.8) is 0 Å². The highest BCUT2D eigenvalue weighted by atomic mass is 127. The molecule has 1 aliphatic carbocycles. The minimum absolute atomic E-state index is 0. The zero-order valence-electron chi connectivity index (χ0n) is 18.5. The van der Waals surface area contributed by atoms with Crippen LogP contribution in [-0.4, -0.2) is 57.1 Å². The number of nitrogens with zero attached hydrogens (tertiary/aromatic N) is 1. The average Bonchev–Trinajstić information content (AvgIpc) is 2.70. The maximum atomic E-state index is 10.6. The Hall–Kier alpha value is -1.26. The van der Waals surface area contributed by atoms with E-state index in [0.717, 1.165) is 13.0 Å². The minimum Gasteiger partial charge on any atom is -0.497 e. The number of ether oxygens (including phenoxy) is 3. The van der Waals surface area contributed by atoms with Crippen molar-refractivity contribution < 1.29 is 19.3 Å². The zero-order chi connectivity index (χ0) is 20.9. The second-order valence-corrected chi connectivity index (χ2v) is 7.94. The molecular weight excluding hydrogens is 485 g/mol. The summed E-state index contributed by atoms with van der Waals surface area (Å²) >= 11 is 0. The molecule has 0 aliphatic heterocycles. The average molecular weight is 521 g/mol. The quantitative estimate of drug-likeness (QED) is 0.277. The first-order chi connectivity index (χ1) is 13.2. The summed E-state index contributed by atoms with van der Waals surface area (Å²) < 4.78 is 16.2. The Bertz CT molecular complexity index is 676. The van der Waals surface area contributed by atoms with E-state index in [2.05, 4.69) is 36.4 Å². The summed E-state index contributed by atoms with van der Waals surface area (Å²) in [5, 5.41) is 17.4. The van der Waals surface area contributed by atoms with Gasteiger partial charge in [0.25, 0.3) is 0 Å². The standard InChI is InChI=1S/C21H35N3O4.HI/c1-8-22-19(24-18-12-21(4,28-7)20(18,2)3)23-13-17(25)14-9-15(26-5)11-16(10-14)27-6;/h9-11,17-18,25H,8,12-13H2,1-7H3,(H2,22,23,24);1H. The molecule has 1 aliphatic rings. The minimum atomic E-state index is -0.766. The summed E-state index contributed by atoms with van der Waals surface area (Å²) in [6.45, 7) is 9.50. The van der Waals surface area contributed by atoms with E-state index in [9.17, 15) is 5.11 Å². The van der Waals surface area contributed by atoms with Gasteiger partial charge in [0.1, 0.15) is 11.5 Å². The largest absolute Gasteiger partial charge is 0.497 e. The summed E-state index contributed by atoms with van der Waals surface area (Å²) in [7, 11) is 4.94. The van der Waals surface area contributed by atoms with Crippen LogP contribution in [0, 0.1) is 5.41 Å². The highest BCUT2D eigenvalue weighted by Gasteiger charge is 2.58. The van der Waals surface area contributed by atoms with Crippen LogP contribution in [0.25, 0.3) is 0 Å². The first kappa shape index (κ1) is 25.8. The molecule has 0 radical (unpaired) electrons. The van der Waals surface area contributed by atoms with Crippen molar-refractivity contribution in [3.8, 4) is 11.5 Å². The number of methoxy groups -OCH3 is 3. The topological polar surface area (TPSA) is 84.3 Å². The van der Waals surface area contributed by atoms with E-state index in [4.69, 9.17) is 14.2 Å². The van der Waals surface area contributed by atoms with E-state index in [1.165, 1.54) is 0 Å². The lowest BCUT2D eigenvalue weighted by molar-refractivity contribution is -0.176. The van der Waals surface area contributed by atoms with Crippen molar-refractivity contribution in [2.75, 3.05) is 34.4 Å². The van der Waals surface area contributed by atoms with Crippen LogP contribution in [0.15, 0.2) is 23.2 Å². The van der Waals surface area contributed by atoms with Gasteiger partial charge in [-0.05, 0) is 38.0 Å². The summed E-state index contributed by atoms with van der Waals surface area (Å²) in [5.41, 5.74) is 0.516. The van der Waals surface area contributed by atoms with Crippen molar-refractivity contribution in [2.45, 2.75) is 51.9 Å². The van der Waals surface area contributed by atoms with Crippen LogP contribution in [0.2, 0.25) is 0 Å². The van der Waals surface area contributed by atoms with Gasteiger partial charge in [-0.3, -0.25) is 4.99 Å². The summed E-state index contributed by atoms with van der Waals surface area (Å²) in [6, 6.07) is 5.60. The van der Waals surface area contributed by atoms with Gasteiger partial charge in [0.15, 0.2) is 5.96 Å². The van der Waals surface area contributed by atoms with Gasteiger partial charge in [0.05, 0.1) is 32.5 Å². The summed E-state index contributed by atoms with van der Waals surface area (Å²) in [6.07, 6.45) is 0.134. The number of benzene rings is 1. The second kappa shape index (κ2) is 10.7. The third-order valence-corrected chi connectivity index (χ3v) is 6.11. The lowest BCUT2D eigenvalue weighted by Gasteiger charge is -2.59. The highest BCUT2D eigenvalue weighted by Crippen LogP contribution is 2.51. The number of rotatable bonds is 8. The Morgan fingerprint density at radius 3 is 2.21 bits per heavy atom. The fraction of sp³-hybridized carbons (Fsp3) is 0.667. The normalized spacial score (nSPS) is 24.0. The number of halogens is 1. The molecule has 7 nitrogen and oxygen atoms in total. The number of guanidine groups is 1. The lowest BCUT2D eigenvalue weighted by Crippen LogP contribution is -2.69. The van der Waals surface area contributed by atoms with Gasteiger partial charge in [-0.2, -0.15) is 0 Å². The van der Waals surface area contributed by atoms with E-state index in [1.807, 2.05) is 6.92 Å². The molecule has 0 amide bonds. The maximum Gasteiger partial charge on any atom is 0.191 e. The van der Waals surface area contributed by atoms with Gasteiger partial charge >= 0.3 is 0 Å². The molecule has 8 heteroatoms. The van der Waals surface area contributed by atoms with Crippen LogP contribution in [0.4, 0.5) is 0 Å². The third-order valence-electron chi connectivity index (χ3n) is 6.11. The number of nitrogens with one attached hydrogen (secondary N) is 2. The first-order valence-corrected chi connectivity index (χ1v) is 9.71. The fourth-order valence-corrected chi connectivity index (χ4v) is 3.51. The van der Waals surface area contributed by atoms with E-state index < -0.39 is 6.10 Å². The number of aliphatic imine (C=N–C) groups is 1. The number of aliphatic hydroxyl groups is 1. The maximum absolute atomic E-state index is 10.6. The molecule has 1 aromatic carbocycles. The molecule has 166 valence electrons. The molecule has 3 atom stereocenters. The predicted octanol–water partition coefficient (Wildman–Crippen LogP) is 3.11. The Labute approximate surface area is 191 Å². The Balaban J connectivity index is 0.00000420. The second-order valence-electron chi connectivity index (χ2n) is 7.94. The molecule has 2 rings (SSSR count). The van der Waals surface area contributed by atoms with Gasteiger partial charge in [0, 0.05) is 31.2 Å². The molecular formula is C21H36IN3O4. The molecule has 0 heterocycles. The van der Waals surface area contributed by atoms with Crippen LogP contribution in [0.3, 0.4) is 0 Å². The SMILES string of the molecule is CCNC(=NCC(O)c1cc(OC)cc(OC)c1)NC1CC(C)(OC)C1(C)C.I. The van der Waals surface area contributed by atoms with Crippen molar-refractivity contribution in [2.24, 2.45) is 10.4 Å². The van der Waals surface area contributed by atoms with Crippen molar-refractivity contribution in [1.82, 2.24) is 10.6 Å². The van der Waals surface area contributed by atoms with E-state index in [1.54, 1.807) is 39.5 Å². The zero-order valence-corrected chi connectivity index (χ0v) is 20.9. The Morgan fingerprint density at radius 1 is 1.17 bits per heavy atom. The van der Waals surface area contributed by atoms with Gasteiger partial charge in [0.2, 0.25) is 0 Å². The van der Waals surface area contributed by atoms with Crippen LogP contribution in [0.1, 0.15) is 45.8 Å². The molecule has 1 aromatic rings. The number of hydrogen-bond donors (Lipinski definition) is 3.